The summed E-state index contributed by atoms with van der Waals surface area (Å²) in [4.78, 5) is 11.8. The smallest absolute Gasteiger partial charge is 0.354 e. The number of aromatic nitrogens is 1. The molecule has 0 fully saturated rings. The van der Waals surface area contributed by atoms with Gasteiger partial charge in [0.2, 0.25) is 0 Å². The summed E-state index contributed by atoms with van der Waals surface area (Å²) in [5.41, 5.74) is 2.18. The molecule has 7 heteroatoms. The van der Waals surface area contributed by atoms with Crippen LogP contribution in [0.3, 0.4) is 0 Å². The van der Waals surface area contributed by atoms with E-state index in [1.165, 1.54) is 17.7 Å². The molecule has 0 spiro atoms. The molecule has 0 aliphatic rings. The number of anilines is 1. The van der Waals surface area contributed by atoms with Crippen LogP contribution in [0, 0.1) is 6.92 Å². The lowest BCUT2D eigenvalue weighted by Crippen LogP contribution is -2.14. The Bertz CT molecular complexity index is 838. The number of benzene rings is 1. The maximum absolute atomic E-state index is 12.6. The Hall–Kier alpha value is -2.28. The van der Waals surface area contributed by atoms with Gasteiger partial charge in [0.15, 0.2) is 0 Å². The number of nitrogens with one attached hydrogen (secondary N) is 1. The number of esters is 1. The van der Waals surface area contributed by atoms with Gasteiger partial charge < -0.3 is 9.30 Å². The molecule has 1 aromatic carbocycles. The maximum atomic E-state index is 12.6. The number of hydrogen-bond donors (Lipinski definition) is 1. The van der Waals surface area contributed by atoms with Crippen LogP contribution in [0.2, 0.25) is 0 Å². The van der Waals surface area contributed by atoms with Crippen molar-refractivity contribution in [2.24, 2.45) is 7.05 Å². The molecule has 0 amide bonds. The third kappa shape index (κ3) is 3.39. The summed E-state index contributed by atoms with van der Waals surface area (Å²) in [6, 6.07) is 8.54. The summed E-state index contributed by atoms with van der Waals surface area (Å²) >= 11 is 0. The van der Waals surface area contributed by atoms with Crippen molar-refractivity contribution in [2.45, 2.75) is 25.2 Å². The fourth-order valence-corrected chi connectivity index (χ4v) is 3.65. The molecule has 124 valence electrons. The quantitative estimate of drug-likeness (QED) is 0.851. The first-order chi connectivity index (χ1) is 10.8. The third-order valence-electron chi connectivity index (χ3n) is 3.76. The fraction of sp³-hybridized carbons (Fsp3) is 0.312. The topological polar surface area (TPSA) is 77.4 Å². The van der Waals surface area contributed by atoms with Gasteiger partial charge in [-0.05, 0) is 37.1 Å². The summed E-state index contributed by atoms with van der Waals surface area (Å²) in [5.74, 6) is -0.579. The van der Waals surface area contributed by atoms with Crippen LogP contribution in [0.5, 0.6) is 0 Å². The zero-order valence-electron chi connectivity index (χ0n) is 13.6. The molecule has 0 aliphatic carbocycles. The number of carbonyl (C=O) groups excluding carboxylic acids is 1. The highest BCUT2D eigenvalue weighted by atomic mass is 32.2. The largest absolute Gasteiger partial charge is 0.464 e. The van der Waals surface area contributed by atoms with Gasteiger partial charge in [-0.25, -0.2) is 13.2 Å². The molecule has 1 aromatic heterocycles. The highest BCUT2D eigenvalue weighted by molar-refractivity contribution is 7.92. The van der Waals surface area contributed by atoms with E-state index >= 15 is 0 Å². The van der Waals surface area contributed by atoms with Gasteiger partial charge in [-0.2, -0.15) is 0 Å². The van der Waals surface area contributed by atoms with Crippen molar-refractivity contribution in [1.29, 1.82) is 0 Å². The normalized spacial score (nSPS) is 11.3. The molecule has 2 aromatic rings. The monoisotopic (exact) mass is 336 g/mol. The molecule has 0 aliphatic heterocycles. The van der Waals surface area contributed by atoms with Crippen LogP contribution in [0.4, 0.5) is 5.69 Å². The Kier molecular flexibility index (Phi) is 4.79. The molecule has 1 N–H and O–H groups in total. The van der Waals surface area contributed by atoms with Crippen LogP contribution >= 0.6 is 0 Å². The van der Waals surface area contributed by atoms with Crippen LogP contribution in [-0.2, 0) is 28.2 Å². The minimum absolute atomic E-state index is 0.0577. The predicted molar refractivity (Wildman–Crippen MR) is 88.1 cm³/mol. The molecular formula is C16H20N2O4S. The fourth-order valence-electron chi connectivity index (χ4n) is 2.31. The van der Waals surface area contributed by atoms with E-state index in [0.717, 1.165) is 12.0 Å². The second-order valence-corrected chi connectivity index (χ2v) is 6.84. The lowest BCUT2D eigenvalue weighted by molar-refractivity contribution is 0.0589. The van der Waals surface area contributed by atoms with Crippen molar-refractivity contribution in [3.8, 4) is 0 Å². The van der Waals surface area contributed by atoms with Crippen molar-refractivity contribution in [3.05, 3.63) is 47.3 Å². The van der Waals surface area contributed by atoms with Crippen molar-refractivity contribution in [1.82, 2.24) is 4.57 Å². The standard InChI is InChI=1S/C16H20N2O4S/c1-5-12-7-6-8-13(9-12)17-23(20,21)15-10-14(16(19)22-4)18(3)11(15)2/h6-10,17H,5H2,1-4H3. The number of nitrogens with zero attached hydrogens (tertiary/aromatic N) is 1. The van der Waals surface area contributed by atoms with E-state index in [4.69, 9.17) is 0 Å². The highest BCUT2D eigenvalue weighted by Gasteiger charge is 2.24. The van der Waals surface area contributed by atoms with Crippen molar-refractivity contribution < 1.29 is 17.9 Å². The SMILES string of the molecule is CCc1cccc(NS(=O)(=O)c2cc(C(=O)OC)n(C)c2C)c1. The summed E-state index contributed by atoms with van der Waals surface area (Å²) in [5, 5.41) is 0. The minimum Gasteiger partial charge on any atom is -0.464 e. The van der Waals surface area contributed by atoms with E-state index in [0.29, 0.717) is 11.4 Å². The third-order valence-corrected chi connectivity index (χ3v) is 5.26. The van der Waals surface area contributed by atoms with E-state index in [9.17, 15) is 13.2 Å². The van der Waals surface area contributed by atoms with E-state index in [1.807, 2.05) is 13.0 Å². The highest BCUT2D eigenvalue weighted by Crippen LogP contribution is 2.23. The van der Waals surface area contributed by atoms with E-state index in [2.05, 4.69) is 9.46 Å². The Morgan fingerprint density at radius 3 is 2.61 bits per heavy atom. The van der Waals surface area contributed by atoms with Crippen molar-refractivity contribution >= 4 is 21.7 Å². The van der Waals surface area contributed by atoms with Gasteiger partial charge in [-0.3, -0.25) is 4.72 Å². The van der Waals surface area contributed by atoms with Crippen LogP contribution in [0.1, 0.15) is 28.7 Å². The number of hydrogen-bond acceptors (Lipinski definition) is 4. The zero-order chi connectivity index (χ0) is 17.2. The van der Waals surface area contributed by atoms with Crippen LogP contribution in [0.25, 0.3) is 0 Å². The first kappa shape index (κ1) is 17.1. The van der Waals surface area contributed by atoms with Crippen molar-refractivity contribution in [2.75, 3.05) is 11.8 Å². The van der Waals surface area contributed by atoms with Crippen LogP contribution in [0.15, 0.2) is 35.2 Å². The molecule has 0 atom stereocenters. The summed E-state index contributed by atoms with van der Waals surface area (Å²) in [7, 11) is -0.910. The number of aryl methyl sites for hydroxylation is 1. The molecule has 6 nitrogen and oxygen atoms in total. The average Bonchev–Trinajstić information content (AvgIpc) is 2.83. The summed E-state index contributed by atoms with van der Waals surface area (Å²) in [6.07, 6.45) is 0.812. The summed E-state index contributed by atoms with van der Waals surface area (Å²) < 4.78 is 34.0. The molecule has 0 unspecified atom stereocenters. The predicted octanol–water partition coefficient (Wildman–Crippen LogP) is 2.48. The Morgan fingerprint density at radius 2 is 2.00 bits per heavy atom. The van der Waals surface area contributed by atoms with E-state index in [-0.39, 0.29) is 10.6 Å². The van der Waals surface area contributed by atoms with E-state index in [1.54, 1.807) is 32.2 Å². The zero-order valence-corrected chi connectivity index (χ0v) is 14.4. The van der Waals surface area contributed by atoms with Gasteiger partial charge in [0.1, 0.15) is 10.6 Å². The Morgan fingerprint density at radius 1 is 1.30 bits per heavy atom. The summed E-state index contributed by atoms with van der Waals surface area (Å²) in [6.45, 7) is 3.64. The average molecular weight is 336 g/mol. The van der Waals surface area contributed by atoms with Crippen molar-refractivity contribution in [3.63, 3.8) is 0 Å². The molecule has 1 heterocycles. The van der Waals surface area contributed by atoms with E-state index < -0.39 is 16.0 Å². The minimum atomic E-state index is -3.79. The second-order valence-electron chi connectivity index (χ2n) is 5.19. The molecule has 0 saturated heterocycles. The maximum Gasteiger partial charge on any atom is 0.354 e. The second kappa shape index (κ2) is 6.45. The van der Waals surface area contributed by atoms with Gasteiger partial charge in [0.25, 0.3) is 10.0 Å². The van der Waals surface area contributed by atoms with Crippen LogP contribution < -0.4 is 4.72 Å². The lowest BCUT2D eigenvalue weighted by atomic mass is 10.1. The molecule has 0 radical (unpaired) electrons. The molecule has 0 saturated carbocycles. The Balaban J connectivity index is 2.42. The van der Waals surface area contributed by atoms with Gasteiger partial charge >= 0.3 is 5.97 Å². The molecule has 2 rings (SSSR count). The molecule has 23 heavy (non-hydrogen) atoms. The number of carbonyl (C=O) groups is 1. The number of methoxy groups -OCH3 is 1. The van der Waals surface area contributed by atoms with Crippen LogP contribution in [-0.4, -0.2) is 26.1 Å². The first-order valence-electron chi connectivity index (χ1n) is 7.16. The van der Waals surface area contributed by atoms with Gasteiger partial charge in [0.05, 0.1) is 7.11 Å². The lowest BCUT2D eigenvalue weighted by Gasteiger charge is -2.09. The van der Waals surface area contributed by atoms with Gasteiger partial charge in [0, 0.05) is 18.4 Å². The number of rotatable bonds is 5. The number of ether oxygens (including phenoxy) is 1. The molecule has 0 bridgehead atoms. The molecular weight excluding hydrogens is 316 g/mol. The number of sulfonamides is 1. The Labute approximate surface area is 136 Å². The van der Waals surface area contributed by atoms with Gasteiger partial charge in [-0.1, -0.05) is 19.1 Å². The first-order valence-corrected chi connectivity index (χ1v) is 8.65. The van der Waals surface area contributed by atoms with Gasteiger partial charge in [-0.15, -0.1) is 0 Å².